The third kappa shape index (κ3) is 12.3. The lowest BCUT2D eigenvalue weighted by molar-refractivity contribution is -0.167. The summed E-state index contributed by atoms with van der Waals surface area (Å²) in [5, 5.41) is 81.5. The van der Waals surface area contributed by atoms with E-state index < -0.39 is 75.2 Å². The number of aliphatic hydroxyl groups is 3. The summed E-state index contributed by atoms with van der Waals surface area (Å²) in [5.74, 6) is -8.16. The molecule has 3 aliphatic carbocycles. The van der Waals surface area contributed by atoms with Crippen LogP contribution in [0.3, 0.4) is 0 Å². The second kappa shape index (κ2) is 21.0. The zero-order valence-corrected chi connectivity index (χ0v) is 32.7. The number of epoxide rings is 3. The van der Waals surface area contributed by atoms with Crippen LogP contribution in [-0.2, 0) is 43.0 Å². The second-order valence-electron chi connectivity index (χ2n) is 16.6. The molecule has 0 radical (unpaired) electrons. The molecule has 0 bridgehead atoms. The topological polar surface area (TPSA) is 322 Å². The van der Waals surface area contributed by atoms with E-state index in [0.717, 1.165) is 38.5 Å². The minimum absolute atomic E-state index is 0.0453. The van der Waals surface area contributed by atoms with Gasteiger partial charge in [0, 0.05) is 5.41 Å². The first-order valence-electron chi connectivity index (χ1n) is 20.0. The van der Waals surface area contributed by atoms with Crippen molar-refractivity contribution in [3.8, 4) is 0 Å². The predicted molar refractivity (Wildman–Crippen MR) is 196 cm³/mol. The first kappa shape index (κ1) is 48.0. The van der Waals surface area contributed by atoms with Crippen LogP contribution in [0.15, 0.2) is 0 Å². The Kier molecular flexibility index (Phi) is 17.7. The first-order chi connectivity index (χ1) is 26.9. The predicted octanol–water partition coefficient (Wildman–Crippen LogP) is 2.72. The Bertz CT molecular complexity index is 1220. The summed E-state index contributed by atoms with van der Waals surface area (Å²) in [5.41, 5.74) is -3.98. The molecule has 57 heavy (non-hydrogen) atoms. The molecule has 18 heteroatoms. The Hall–Kier alpha value is -3.42. The molecule has 6 fully saturated rings. The van der Waals surface area contributed by atoms with Gasteiger partial charge in [0.05, 0.1) is 92.0 Å². The van der Waals surface area contributed by atoms with Crippen molar-refractivity contribution < 1.29 is 88.9 Å². The van der Waals surface area contributed by atoms with Crippen molar-refractivity contribution in [3.63, 3.8) is 0 Å². The zero-order valence-electron chi connectivity index (χ0n) is 32.7. The molecule has 0 spiro atoms. The van der Waals surface area contributed by atoms with Gasteiger partial charge in [-0.3, -0.25) is 28.8 Å². The van der Waals surface area contributed by atoms with Gasteiger partial charge in [0.2, 0.25) is 0 Å². The number of hydrogen-bond acceptors (Lipinski definition) is 12. The number of carbonyl (C=O) groups is 6. The largest absolute Gasteiger partial charge is 0.481 e. The van der Waals surface area contributed by atoms with Gasteiger partial charge in [0.15, 0.2) is 0 Å². The number of aliphatic carboxylic acids is 6. The Morgan fingerprint density at radius 2 is 0.737 bits per heavy atom. The molecular formula is C39H62O18. The lowest BCUT2D eigenvalue weighted by Gasteiger charge is -2.38. The minimum atomic E-state index is -1.11. The van der Waals surface area contributed by atoms with Gasteiger partial charge in [0.25, 0.3) is 0 Å². The number of aliphatic hydroxyl groups excluding tert-OH is 3. The monoisotopic (exact) mass is 818 g/mol. The highest BCUT2D eigenvalue weighted by Gasteiger charge is 2.55. The van der Waals surface area contributed by atoms with Crippen LogP contribution in [0.25, 0.3) is 0 Å². The van der Waals surface area contributed by atoms with Crippen molar-refractivity contribution in [2.45, 2.75) is 128 Å². The van der Waals surface area contributed by atoms with Crippen molar-refractivity contribution in [1.82, 2.24) is 0 Å². The molecular weight excluding hydrogens is 756 g/mol. The highest BCUT2D eigenvalue weighted by atomic mass is 16.6. The number of ether oxygens (including phenoxy) is 3. The van der Waals surface area contributed by atoms with Crippen LogP contribution in [0.4, 0.5) is 0 Å². The van der Waals surface area contributed by atoms with Gasteiger partial charge in [-0.05, 0) is 64.2 Å². The fourth-order valence-corrected chi connectivity index (χ4v) is 8.82. The molecule has 3 saturated carbocycles. The summed E-state index contributed by atoms with van der Waals surface area (Å²) in [6.45, 7) is 3.07. The van der Waals surface area contributed by atoms with E-state index in [4.69, 9.17) is 44.8 Å². The molecule has 0 aromatic carbocycles. The SMILES string of the molecule is CCC(CO)(CO)CO.O=C(O)C1CCCCC1(CC1CO1)C(=O)O.O=C(O)C1CCCCC1(CC1CO1)C(=O)O.O=C(O)C1CCCCC1(CC1CO1)C(=O)O. The number of rotatable bonds is 16. The van der Waals surface area contributed by atoms with Gasteiger partial charge < -0.3 is 60.2 Å². The smallest absolute Gasteiger partial charge is 0.310 e. The van der Waals surface area contributed by atoms with Crippen LogP contribution in [0, 0.1) is 39.4 Å². The molecule has 0 aromatic rings. The van der Waals surface area contributed by atoms with E-state index in [1.807, 2.05) is 6.92 Å². The van der Waals surface area contributed by atoms with E-state index in [2.05, 4.69) is 0 Å². The number of carboxylic acid groups (broad SMARTS) is 6. The summed E-state index contributed by atoms with van der Waals surface area (Å²) in [6, 6.07) is 0. The third-order valence-corrected chi connectivity index (χ3v) is 13.0. The van der Waals surface area contributed by atoms with E-state index in [1.165, 1.54) is 0 Å². The molecule has 9 atom stereocenters. The van der Waals surface area contributed by atoms with Gasteiger partial charge in [-0.1, -0.05) is 45.4 Å². The number of carboxylic acids is 6. The van der Waals surface area contributed by atoms with Crippen LogP contribution < -0.4 is 0 Å². The summed E-state index contributed by atoms with van der Waals surface area (Å²) in [7, 11) is 0. The lowest BCUT2D eigenvalue weighted by atomic mass is 9.64. The van der Waals surface area contributed by atoms with E-state index in [9.17, 15) is 44.1 Å². The van der Waals surface area contributed by atoms with Crippen LogP contribution in [0.1, 0.15) is 110 Å². The summed E-state index contributed by atoms with van der Waals surface area (Å²) < 4.78 is 15.2. The van der Waals surface area contributed by atoms with E-state index >= 15 is 0 Å². The summed E-state index contributed by atoms with van der Waals surface area (Å²) in [6.07, 6.45) is 9.06. The molecule has 9 unspecified atom stereocenters. The van der Waals surface area contributed by atoms with Gasteiger partial charge in [-0.25, -0.2) is 0 Å². The quantitative estimate of drug-likeness (QED) is 0.101. The van der Waals surface area contributed by atoms with Crippen molar-refractivity contribution in [1.29, 1.82) is 0 Å². The molecule has 0 aromatic heterocycles. The molecule has 6 rings (SSSR count). The standard InChI is InChI=1S/3C11H16O5.C6H14O3/c3*12-9(13)8-3-1-2-4-11(8,10(14)15)5-7-6-16-7;1-2-6(3-7,4-8)5-9/h3*7-8H,1-6H2,(H,12,13)(H,14,15);7-9H,2-5H2,1H3. The second-order valence-corrected chi connectivity index (χ2v) is 16.6. The van der Waals surface area contributed by atoms with Crippen LogP contribution >= 0.6 is 0 Å². The van der Waals surface area contributed by atoms with E-state index in [1.54, 1.807) is 0 Å². The van der Waals surface area contributed by atoms with Crippen molar-refractivity contribution in [2.24, 2.45) is 39.4 Å². The molecule has 3 saturated heterocycles. The third-order valence-electron chi connectivity index (χ3n) is 13.0. The molecule has 18 nitrogen and oxygen atoms in total. The Morgan fingerprint density at radius 3 is 0.877 bits per heavy atom. The summed E-state index contributed by atoms with van der Waals surface area (Å²) >= 11 is 0. The van der Waals surface area contributed by atoms with Gasteiger partial charge >= 0.3 is 35.8 Å². The highest BCUT2D eigenvalue weighted by molar-refractivity contribution is 5.85. The molecule has 6 aliphatic rings. The lowest BCUT2D eigenvalue weighted by Crippen LogP contribution is -2.45. The molecule has 3 heterocycles. The molecule has 0 amide bonds. The van der Waals surface area contributed by atoms with Crippen LogP contribution in [0.5, 0.6) is 0 Å². The van der Waals surface area contributed by atoms with Crippen LogP contribution in [0.2, 0.25) is 0 Å². The maximum atomic E-state index is 11.4. The Balaban J connectivity index is 0.000000208. The van der Waals surface area contributed by atoms with Crippen molar-refractivity contribution >= 4 is 35.8 Å². The molecule has 3 aliphatic heterocycles. The van der Waals surface area contributed by atoms with Crippen molar-refractivity contribution in [2.75, 3.05) is 39.6 Å². The zero-order chi connectivity index (χ0) is 42.6. The fourth-order valence-electron chi connectivity index (χ4n) is 8.82. The molecule has 326 valence electrons. The van der Waals surface area contributed by atoms with Gasteiger partial charge in [-0.15, -0.1) is 0 Å². The van der Waals surface area contributed by atoms with E-state index in [0.29, 0.717) is 84.0 Å². The first-order valence-corrected chi connectivity index (χ1v) is 20.0. The fraction of sp³-hybridized carbons (Fsp3) is 0.846. The highest BCUT2D eigenvalue weighted by Crippen LogP contribution is 2.49. The average Bonchev–Trinajstić information content (AvgIpc) is 4.03. The van der Waals surface area contributed by atoms with Gasteiger partial charge in [0.1, 0.15) is 0 Å². The minimum Gasteiger partial charge on any atom is -0.481 e. The van der Waals surface area contributed by atoms with Crippen LogP contribution in [-0.4, -0.2) is 140 Å². The maximum absolute atomic E-state index is 11.4. The van der Waals surface area contributed by atoms with Crippen molar-refractivity contribution in [3.05, 3.63) is 0 Å². The Morgan fingerprint density at radius 1 is 0.491 bits per heavy atom. The van der Waals surface area contributed by atoms with E-state index in [-0.39, 0.29) is 38.1 Å². The van der Waals surface area contributed by atoms with Gasteiger partial charge in [-0.2, -0.15) is 0 Å². The number of hydrogen-bond donors (Lipinski definition) is 9. The normalized spacial score (nSPS) is 33.9. The average molecular weight is 819 g/mol. The Labute approximate surface area is 331 Å². The maximum Gasteiger partial charge on any atom is 0.310 e. The summed E-state index contributed by atoms with van der Waals surface area (Å²) in [4.78, 5) is 67.8. The molecule has 9 N–H and O–H groups in total.